The molecular weight excluding hydrogens is 239 g/mol. The first-order chi connectivity index (χ1) is 7.88. The minimum atomic E-state index is -4.43. The minimum Gasteiger partial charge on any atom is -0.378 e. The van der Waals surface area contributed by atoms with Gasteiger partial charge in [0, 0.05) is 6.54 Å². The van der Waals surface area contributed by atoms with Gasteiger partial charge in [-0.05, 0) is 13.0 Å². The average molecular weight is 255 g/mol. The van der Waals surface area contributed by atoms with Crippen LogP contribution in [0.5, 0.6) is 0 Å². The summed E-state index contributed by atoms with van der Waals surface area (Å²) >= 11 is 0. The van der Waals surface area contributed by atoms with E-state index in [4.69, 9.17) is 16.2 Å². The maximum atomic E-state index is 12.8. The van der Waals surface area contributed by atoms with Gasteiger partial charge in [0.15, 0.2) is 0 Å². The zero-order valence-corrected chi connectivity index (χ0v) is 9.24. The summed E-state index contributed by atoms with van der Waals surface area (Å²) in [4.78, 5) is 12.1. The molecule has 4 N–H and O–H groups in total. The van der Waals surface area contributed by atoms with Gasteiger partial charge in [0.2, 0.25) is 5.91 Å². The molecule has 1 aliphatic heterocycles. The Bertz CT molecular complexity index is 273. The molecule has 1 heterocycles. The Balaban J connectivity index is 2.86. The molecule has 0 radical (unpaired) electrons. The number of ether oxygens (including phenoxy) is 1. The van der Waals surface area contributed by atoms with E-state index >= 15 is 0 Å². The highest BCUT2D eigenvalue weighted by atomic mass is 19.4. The highest BCUT2D eigenvalue weighted by Crippen LogP contribution is 2.29. The van der Waals surface area contributed by atoms with Crippen molar-refractivity contribution in [1.29, 1.82) is 0 Å². The van der Waals surface area contributed by atoms with Crippen molar-refractivity contribution in [2.75, 3.05) is 26.3 Å². The first kappa shape index (κ1) is 14.2. The molecule has 0 aromatic heterocycles. The first-order valence-corrected chi connectivity index (χ1v) is 5.27. The van der Waals surface area contributed by atoms with Gasteiger partial charge in [-0.3, -0.25) is 9.69 Å². The van der Waals surface area contributed by atoms with E-state index in [-0.39, 0.29) is 32.7 Å². The molecule has 17 heavy (non-hydrogen) atoms. The molecule has 1 fully saturated rings. The van der Waals surface area contributed by atoms with Gasteiger partial charge in [0.25, 0.3) is 0 Å². The fourth-order valence-corrected chi connectivity index (χ4v) is 1.91. The standard InChI is InChI=1S/C9H16F3N3O2/c10-9(11,12)7(1-2-13)15-3-4-17-5-6(15)8(14)16/h6-7H,1-5,13H2,(H2,14,16). The molecule has 0 aromatic carbocycles. The molecule has 8 heteroatoms. The lowest BCUT2D eigenvalue weighted by Crippen LogP contribution is -2.60. The molecule has 0 aromatic rings. The lowest BCUT2D eigenvalue weighted by Gasteiger charge is -2.39. The number of hydrogen-bond acceptors (Lipinski definition) is 4. The zero-order valence-electron chi connectivity index (χ0n) is 9.24. The Morgan fingerprint density at radius 3 is 2.65 bits per heavy atom. The Kier molecular flexibility index (Phi) is 4.72. The van der Waals surface area contributed by atoms with Gasteiger partial charge >= 0.3 is 6.18 Å². The van der Waals surface area contributed by atoms with Crippen molar-refractivity contribution < 1.29 is 22.7 Å². The summed E-state index contributed by atoms with van der Waals surface area (Å²) < 4.78 is 43.5. The number of carbonyl (C=O) groups is 1. The third-order valence-corrected chi connectivity index (χ3v) is 2.72. The summed E-state index contributed by atoms with van der Waals surface area (Å²) in [6, 6.07) is -2.78. The molecule has 0 spiro atoms. The molecule has 1 amide bonds. The van der Waals surface area contributed by atoms with Crippen molar-refractivity contribution in [2.45, 2.75) is 24.7 Å². The first-order valence-electron chi connectivity index (χ1n) is 5.27. The van der Waals surface area contributed by atoms with E-state index in [9.17, 15) is 18.0 Å². The number of nitrogens with two attached hydrogens (primary N) is 2. The Labute approximate surface area is 96.9 Å². The highest BCUT2D eigenvalue weighted by molar-refractivity contribution is 5.80. The van der Waals surface area contributed by atoms with E-state index in [0.717, 1.165) is 4.90 Å². The van der Waals surface area contributed by atoms with Crippen LogP contribution in [0.15, 0.2) is 0 Å². The van der Waals surface area contributed by atoms with Crippen molar-refractivity contribution in [3.63, 3.8) is 0 Å². The largest absolute Gasteiger partial charge is 0.404 e. The number of morpholine rings is 1. The summed E-state index contributed by atoms with van der Waals surface area (Å²) in [5.74, 6) is -0.809. The number of rotatable bonds is 4. The summed E-state index contributed by atoms with van der Waals surface area (Å²) in [5, 5.41) is 0. The molecule has 1 aliphatic rings. The topological polar surface area (TPSA) is 81.6 Å². The fraction of sp³-hybridized carbons (Fsp3) is 0.889. The third-order valence-electron chi connectivity index (χ3n) is 2.72. The van der Waals surface area contributed by atoms with Crippen LogP contribution >= 0.6 is 0 Å². The summed E-state index contributed by atoms with van der Waals surface area (Å²) in [6.45, 7) is -0.0295. The second-order valence-electron chi connectivity index (χ2n) is 3.87. The predicted octanol–water partition coefficient (Wildman–Crippen LogP) is -0.548. The van der Waals surface area contributed by atoms with Crippen LogP contribution in [-0.4, -0.2) is 55.4 Å². The van der Waals surface area contributed by atoms with Crippen molar-refractivity contribution >= 4 is 5.91 Å². The average Bonchev–Trinajstić information content (AvgIpc) is 2.24. The van der Waals surface area contributed by atoms with Gasteiger partial charge in [-0.1, -0.05) is 0 Å². The number of nitrogens with zero attached hydrogens (tertiary/aromatic N) is 1. The second-order valence-corrected chi connectivity index (χ2v) is 3.87. The summed E-state index contributed by atoms with van der Waals surface area (Å²) in [6.07, 6.45) is -4.68. The maximum Gasteiger partial charge on any atom is 0.404 e. The Hall–Kier alpha value is -0.860. The fourth-order valence-electron chi connectivity index (χ4n) is 1.91. The van der Waals surface area contributed by atoms with Crippen molar-refractivity contribution in [1.82, 2.24) is 4.90 Å². The van der Waals surface area contributed by atoms with E-state index in [1.165, 1.54) is 0 Å². The van der Waals surface area contributed by atoms with Gasteiger partial charge in [-0.2, -0.15) is 13.2 Å². The van der Waals surface area contributed by atoms with Gasteiger partial charge in [0.1, 0.15) is 12.1 Å². The lowest BCUT2D eigenvalue weighted by molar-refractivity contribution is -0.202. The van der Waals surface area contributed by atoms with Gasteiger partial charge in [0.05, 0.1) is 13.2 Å². The molecule has 0 aliphatic carbocycles. The van der Waals surface area contributed by atoms with Crippen molar-refractivity contribution in [3.8, 4) is 0 Å². The Morgan fingerprint density at radius 1 is 1.53 bits per heavy atom. The molecular formula is C9H16F3N3O2. The number of primary amides is 1. The molecule has 0 saturated carbocycles. The van der Waals surface area contributed by atoms with E-state index in [1.54, 1.807) is 0 Å². The normalized spacial score (nSPS) is 24.6. The molecule has 0 bridgehead atoms. The molecule has 2 unspecified atom stereocenters. The number of carbonyl (C=O) groups excluding carboxylic acids is 1. The second kappa shape index (κ2) is 5.65. The summed E-state index contributed by atoms with van der Waals surface area (Å²) in [7, 11) is 0. The predicted molar refractivity (Wildman–Crippen MR) is 54.0 cm³/mol. The number of amides is 1. The van der Waals surface area contributed by atoms with E-state index in [0.29, 0.717) is 0 Å². The van der Waals surface area contributed by atoms with Crippen LogP contribution in [-0.2, 0) is 9.53 Å². The van der Waals surface area contributed by atoms with Gasteiger partial charge < -0.3 is 16.2 Å². The smallest absolute Gasteiger partial charge is 0.378 e. The SMILES string of the molecule is NCCC(N1CCOCC1C(N)=O)C(F)(F)F. The van der Waals surface area contributed by atoms with Crippen LogP contribution in [0, 0.1) is 0 Å². The van der Waals surface area contributed by atoms with Crippen LogP contribution in [0.1, 0.15) is 6.42 Å². The maximum absolute atomic E-state index is 12.8. The van der Waals surface area contributed by atoms with Crippen molar-refractivity contribution in [2.24, 2.45) is 11.5 Å². The highest BCUT2D eigenvalue weighted by Gasteiger charge is 2.47. The van der Waals surface area contributed by atoms with Crippen LogP contribution in [0.2, 0.25) is 0 Å². The van der Waals surface area contributed by atoms with Gasteiger partial charge in [-0.25, -0.2) is 0 Å². The lowest BCUT2D eigenvalue weighted by atomic mass is 10.1. The minimum absolute atomic E-state index is 0.0256. The molecule has 1 rings (SSSR count). The molecule has 2 atom stereocenters. The quantitative estimate of drug-likeness (QED) is 0.706. The van der Waals surface area contributed by atoms with E-state index < -0.39 is 24.2 Å². The van der Waals surface area contributed by atoms with Crippen molar-refractivity contribution in [3.05, 3.63) is 0 Å². The van der Waals surface area contributed by atoms with Crippen LogP contribution in [0.4, 0.5) is 13.2 Å². The molecule has 5 nitrogen and oxygen atoms in total. The van der Waals surface area contributed by atoms with Crippen LogP contribution in [0.3, 0.4) is 0 Å². The van der Waals surface area contributed by atoms with Gasteiger partial charge in [-0.15, -0.1) is 0 Å². The Morgan fingerprint density at radius 2 is 2.18 bits per heavy atom. The number of hydrogen-bond donors (Lipinski definition) is 2. The van der Waals surface area contributed by atoms with E-state index in [2.05, 4.69) is 0 Å². The number of halogens is 3. The third kappa shape index (κ3) is 3.55. The van der Waals surface area contributed by atoms with E-state index in [1.807, 2.05) is 0 Å². The molecule has 100 valence electrons. The molecule has 1 saturated heterocycles. The zero-order chi connectivity index (χ0) is 13.1. The number of alkyl halides is 3. The summed E-state index contributed by atoms with van der Waals surface area (Å²) in [5.41, 5.74) is 10.3. The van der Waals surface area contributed by atoms with Crippen LogP contribution < -0.4 is 11.5 Å². The van der Waals surface area contributed by atoms with Crippen LogP contribution in [0.25, 0.3) is 0 Å². The monoisotopic (exact) mass is 255 g/mol.